The van der Waals surface area contributed by atoms with Gasteiger partial charge >= 0.3 is 0 Å². The zero-order chi connectivity index (χ0) is 15.9. The summed E-state index contributed by atoms with van der Waals surface area (Å²) in [5.41, 5.74) is -0.405. The van der Waals surface area contributed by atoms with Gasteiger partial charge in [0.15, 0.2) is 11.6 Å². The molecular weight excluding hydrogens is 292 g/mol. The Morgan fingerprint density at radius 2 is 1.77 bits per heavy atom. The van der Waals surface area contributed by atoms with Crippen molar-refractivity contribution in [2.24, 2.45) is 17.8 Å². The van der Waals surface area contributed by atoms with E-state index in [1.807, 2.05) is 0 Å². The number of alkyl halides is 2. The van der Waals surface area contributed by atoms with Gasteiger partial charge in [-0.1, -0.05) is 38.7 Å². The molecule has 0 spiro atoms. The number of hydrogen-bond donors (Lipinski definition) is 0. The number of rotatable bonds is 3. The van der Waals surface area contributed by atoms with Crippen LogP contribution in [0.2, 0.25) is 0 Å². The molecule has 1 fully saturated rings. The van der Waals surface area contributed by atoms with Crippen molar-refractivity contribution in [2.45, 2.75) is 57.8 Å². The Kier molecular flexibility index (Phi) is 4.21. The van der Waals surface area contributed by atoms with E-state index in [-0.39, 0.29) is 17.9 Å². The Morgan fingerprint density at radius 1 is 1.09 bits per heavy atom. The zero-order valence-corrected chi connectivity index (χ0v) is 12.8. The van der Waals surface area contributed by atoms with Gasteiger partial charge in [-0.25, -0.2) is 17.6 Å². The van der Waals surface area contributed by atoms with Crippen LogP contribution < -0.4 is 0 Å². The molecule has 22 heavy (non-hydrogen) atoms. The third-order valence-corrected chi connectivity index (χ3v) is 5.58. The molecule has 0 bridgehead atoms. The number of hydrogen-bond acceptors (Lipinski definition) is 0. The van der Waals surface area contributed by atoms with Crippen molar-refractivity contribution < 1.29 is 17.6 Å². The van der Waals surface area contributed by atoms with Gasteiger partial charge in [-0.2, -0.15) is 0 Å². The first-order chi connectivity index (χ1) is 10.4. The maximum atomic E-state index is 14.7. The van der Waals surface area contributed by atoms with Crippen LogP contribution in [0.1, 0.15) is 56.6 Å². The Morgan fingerprint density at radius 3 is 2.41 bits per heavy atom. The molecule has 1 atom stereocenters. The fourth-order valence-corrected chi connectivity index (χ4v) is 4.42. The minimum absolute atomic E-state index is 0.0852. The largest absolute Gasteiger partial charge is 0.279 e. The molecule has 1 aromatic rings. The number of halogens is 4. The van der Waals surface area contributed by atoms with Gasteiger partial charge in [0.25, 0.3) is 5.92 Å². The van der Waals surface area contributed by atoms with Gasteiger partial charge < -0.3 is 0 Å². The summed E-state index contributed by atoms with van der Waals surface area (Å²) >= 11 is 0. The molecule has 1 unspecified atom stereocenters. The van der Waals surface area contributed by atoms with E-state index in [1.54, 1.807) is 0 Å². The second-order valence-electron chi connectivity index (χ2n) is 6.90. The lowest BCUT2D eigenvalue weighted by Gasteiger charge is -2.34. The molecule has 0 N–H and O–H groups in total. The van der Waals surface area contributed by atoms with Gasteiger partial charge in [-0.15, -0.1) is 0 Å². The summed E-state index contributed by atoms with van der Waals surface area (Å²) in [7, 11) is 0. The Hall–Kier alpha value is -1.06. The van der Waals surface area contributed by atoms with E-state index in [1.165, 1.54) is 6.07 Å². The molecule has 0 radical (unpaired) electrons. The van der Waals surface area contributed by atoms with E-state index < -0.39 is 29.0 Å². The van der Waals surface area contributed by atoms with Crippen LogP contribution in [0.4, 0.5) is 17.6 Å². The number of benzene rings is 1. The highest BCUT2D eigenvalue weighted by atomic mass is 19.3. The molecule has 2 aliphatic rings. The summed E-state index contributed by atoms with van der Waals surface area (Å²) in [6.07, 6.45) is 5.99. The maximum absolute atomic E-state index is 14.7. The van der Waals surface area contributed by atoms with Crippen molar-refractivity contribution in [3.63, 3.8) is 0 Å². The van der Waals surface area contributed by atoms with Crippen LogP contribution in [0.3, 0.4) is 0 Å². The van der Waals surface area contributed by atoms with Gasteiger partial charge in [0.05, 0.1) is 5.56 Å². The van der Waals surface area contributed by atoms with Crippen molar-refractivity contribution in [1.82, 2.24) is 0 Å². The first kappa shape index (κ1) is 15.8. The van der Waals surface area contributed by atoms with Crippen LogP contribution in [0, 0.1) is 29.4 Å². The third kappa shape index (κ3) is 2.55. The predicted molar refractivity (Wildman–Crippen MR) is 77.8 cm³/mol. The van der Waals surface area contributed by atoms with Crippen molar-refractivity contribution in [1.29, 1.82) is 0 Å². The normalized spacial score (nSPS) is 30.3. The maximum Gasteiger partial charge on any atom is 0.279 e. The smallest absolute Gasteiger partial charge is 0.204 e. The van der Waals surface area contributed by atoms with Crippen molar-refractivity contribution in [3.05, 3.63) is 34.9 Å². The van der Waals surface area contributed by atoms with Gasteiger partial charge in [-0.05, 0) is 42.7 Å². The van der Waals surface area contributed by atoms with E-state index in [9.17, 15) is 17.6 Å². The molecule has 0 nitrogen and oxygen atoms in total. The summed E-state index contributed by atoms with van der Waals surface area (Å²) in [6.45, 7) is 2.14. The Labute approximate surface area is 128 Å². The third-order valence-electron chi connectivity index (χ3n) is 5.58. The molecule has 3 rings (SSSR count). The molecular formula is C18H22F4. The average molecular weight is 314 g/mol. The molecule has 4 heteroatoms. The molecule has 0 aromatic heterocycles. The van der Waals surface area contributed by atoms with Crippen LogP contribution in [-0.4, -0.2) is 0 Å². The fourth-order valence-electron chi connectivity index (χ4n) is 4.42. The van der Waals surface area contributed by atoms with Crippen LogP contribution >= 0.6 is 0 Å². The average Bonchev–Trinajstić information content (AvgIpc) is 2.76. The molecule has 1 aromatic carbocycles. The lowest BCUT2D eigenvalue weighted by Crippen LogP contribution is -2.31. The summed E-state index contributed by atoms with van der Waals surface area (Å²) in [5, 5.41) is 0. The van der Waals surface area contributed by atoms with E-state index in [0.29, 0.717) is 5.92 Å². The molecule has 0 heterocycles. The van der Waals surface area contributed by atoms with E-state index in [4.69, 9.17) is 0 Å². The van der Waals surface area contributed by atoms with Gasteiger partial charge in [0.1, 0.15) is 0 Å². The summed E-state index contributed by atoms with van der Waals surface area (Å²) in [6, 6.07) is 2.29. The second-order valence-corrected chi connectivity index (χ2v) is 6.90. The van der Waals surface area contributed by atoms with Gasteiger partial charge in [0, 0.05) is 5.92 Å². The molecule has 122 valence electrons. The minimum Gasteiger partial charge on any atom is -0.204 e. The molecule has 0 aliphatic heterocycles. The van der Waals surface area contributed by atoms with E-state index >= 15 is 0 Å². The summed E-state index contributed by atoms with van der Waals surface area (Å²) in [4.78, 5) is 0. The van der Waals surface area contributed by atoms with Gasteiger partial charge in [0.2, 0.25) is 0 Å². The minimum atomic E-state index is -3.25. The zero-order valence-electron chi connectivity index (χ0n) is 12.8. The standard InChI is InChI=1S/C18H22F4/c1-2-3-11-4-6-12(7-5-11)14-10-13-8-9-15(19)17(20)16(13)18(14,21)22/h8-9,11-12,14H,2-7,10H2,1H3. The monoisotopic (exact) mass is 314 g/mol. The lowest BCUT2D eigenvalue weighted by atomic mass is 9.73. The fraction of sp³-hybridized carbons (Fsp3) is 0.667. The molecule has 0 amide bonds. The van der Waals surface area contributed by atoms with Crippen LogP contribution in [0.15, 0.2) is 12.1 Å². The highest BCUT2D eigenvalue weighted by Gasteiger charge is 2.53. The topological polar surface area (TPSA) is 0 Å². The molecule has 0 saturated heterocycles. The quantitative estimate of drug-likeness (QED) is 0.615. The lowest BCUT2D eigenvalue weighted by molar-refractivity contribution is -0.0843. The van der Waals surface area contributed by atoms with Crippen LogP contribution in [0.25, 0.3) is 0 Å². The highest BCUT2D eigenvalue weighted by molar-refractivity contribution is 5.39. The Balaban J connectivity index is 1.79. The van der Waals surface area contributed by atoms with Crippen molar-refractivity contribution in [3.8, 4) is 0 Å². The first-order valence-corrected chi connectivity index (χ1v) is 8.30. The second kappa shape index (κ2) is 5.86. The SMILES string of the molecule is CCCC1CCC(C2Cc3ccc(F)c(F)c3C2(F)F)CC1. The van der Waals surface area contributed by atoms with E-state index in [0.717, 1.165) is 44.6 Å². The summed E-state index contributed by atoms with van der Waals surface area (Å²) in [5.74, 6) is -6.09. The van der Waals surface area contributed by atoms with Gasteiger partial charge in [-0.3, -0.25) is 0 Å². The van der Waals surface area contributed by atoms with Crippen molar-refractivity contribution in [2.75, 3.05) is 0 Å². The van der Waals surface area contributed by atoms with Crippen molar-refractivity contribution >= 4 is 0 Å². The highest BCUT2D eigenvalue weighted by Crippen LogP contribution is 2.53. The predicted octanol–water partition coefficient (Wildman–Crippen LogP) is 5.84. The first-order valence-electron chi connectivity index (χ1n) is 8.30. The molecule has 1 saturated carbocycles. The Bertz CT molecular complexity index is 544. The number of fused-ring (bicyclic) bond motifs is 1. The van der Waals surface area contributed by atoms with E-state index in [2.05, 4.69) is 6.92 Å². The molecule has 2 aliphatic carbocycles. The van der Waals surface area contributed by atoms with Crippen LogP contribution in [0.5, 0.6) is 0 Å². The van der Waals surface area contributed by atoms with Crippen LogP contribution in [-0.2, 0) is 12.3 Å². The summed E-state index contributed by atoms with van der Waals surface area (Å²) < 4.78 is 56.5.